The van der Waals surface area contributed by atoms with Gasteiger partial charge in [0.15, 0.2) is 28.4 Å². The van der Waals surface area contributed by atoms with Gasteiger partial charge in [0, 0.05) is 17.8 Å². The normalized spacial score (nSPS) is 10.4. The Balaban J connectivity index is 2.20. The van der Waals surface area contributed by atoms with Crippen LogP contribution in [0.25, 0.3) is 0 Å². The number of rotatable bonds is 3. The molecule has 0 aliphatic carbocycles. The number of nitrogens with one attached hydrogen (secondary N) is 2. The fourth-order valence-electron chi connectivity index (χ4n) is 1.66. The van der Waals surface area contributed by atoms with Gasteiger partial charge in [-0.3, -0.25) is 10.1 Å². The minimum Gasteiger partial charge on any atom is -0.332 e. The van der Waals surface area contributed by atoms with Crippen molar-refractivity contribution in [3.05, 3.63) is 62.1 Å². The molecule has 0 aromatic heterocycles. The van der Waals surface area contributed by atoms with E-state index in [9.17, 15) is 27.7 Å². The van der Waals surface area contributed by atoms with E-state index in [1.807, 2.05) is 5.32 Å². The lowest BCUT2D eigenvalue weighted by molar-refractivity contribution is -0.384. The van der Waals surface area contributed by atoms with Crippen LogP contribution in [0.3, 0.4) is 0 Å². The number of nitro groups is 1. The monoisotopic (exact) mass is 423 g/mol. The maximum absolute atomic E-state index is 13.7. The van der Waals surface area contributed by atoms with E-state index in [0.717, 1.165) is 0 Å². The summed E-state index contributed by atoms with van der Waals surface area (Å²) in [6.07, 6.45) is 0. The number of nitrogens with zero attached hydrogens (tertiary/aromatic N) is 1. The summed E-state index contributed by atoms with van der Waals surface area (Å²) in [4.78, 5) is 9.92. The van der Waals surface area contributed by atoms with E-state index in [1.165, 1.54) is 24.3 Å². The minimum atomic E-state index is -1.66. The molecule has 0 radical (unpaired) electrons. The van der Waals surface area contributed by atoms with Crippen LogP contribution in [0.4, 0.5) is 34.6 Å². The highest BCUT2D eigenvalue weighted by Gasteiger charge is 2.24. The molecule has 0 amide bonds. The van der Waals surface area contributed by atoms with Crippen molar-refractivity contribution in [3.63, 3.8) is 0 Å². The largest absolute Gasteiger partial charge is 0.332 e. The molecule has 0 fully saturated rings. The van der Waals surface area contributed by atoms with E-state index in [4.69, 9.17) is 12.2 Å². The van der Waals surface area contributed by atoms with Gasteiger partial charge in [0.2, 0.25) is 0 Å². The van der Waals surface area contributed by atoms with Gasteiger partial charge in [0.05, 0.1) is 9.40 Å². The minimum absolute atomic E-state index is 0.173. The van der Waals surface area contributed by atoms with Crippen molar-refractivity contribution < 1.29 is 22.5 Å². The Morgan fingerprint density at radius 1 is 1.00 bits per heavy atom. The van der Waals surface area contributed by atoms with Crippen LogP contribution >= 0.6 is 28.1 Å². The number of halogens is 5. The lowest BCUT2D eigenvalue weighted by Crippen LogP contribution is -2.21. The van der Waals surface area contributed by atoms with Gasteiger partial charge >= 0.3 is 0 Å². The van der Waals surface area contributed by atoms with Gasteiger partial charge in [-0.25, -0.2) is 17.6 Å². The zero-order chi connectivity index (χ0) is 18.0. The molecule has 0 aliphatic heterocycles. The molecule has 0 atom stereocenters. The van der Waals surface area contributed by atoms with Crippen molar-refractivity contribution >= 4 is 50.3 Å². The van der Waals surface area contributed by atoms with Crippen LogP contribution in [0, 0.1) is 33.4 Å². The van der Waals surface area contributed by atoms with Crippen molar-refractivity contribution in [3.8, 4) is 0 Å². The van der Waals surface area contributed by atoms with Crippen molar-refractivity contribution in [1.29, 1.82) is 0 Å². The molecule has 0 saturated heterocycles. The highest BCUT2D eigenvalue weighted by molar-refractivity contribution is 9.10. The van der Waals surface area contributed by atoms with Crippen molar-refractivity contribution in [2.45, 2.75) is 0 Å². The molecule has 2 N–H and O–H groups in total. The van der Waals surface area contributed by atoms with Crippen molar-refractivity contribution in [1.82, 2.24) is 0 Å². The van der Waals surface area contributed by atoms with Gasteiger partial charge < -0.3 is 10.6 Å². The first-order chi connectivity index (χ1) is 11.2. The first-order valence-corrected chi connectivity index (χ1v) is 7.26. The molecule has 126 valence electrons. The number of thiocarbonyl (C=S) groups is 1. The maximum atomic E-state index is 13.7. The highest BCUT2D eigenvalue weighted by Crippen LogP contribution is 2.31. The number of anilines is 2. The Labute approximate surface area is 145 Å². The molecule has 0 bridgehead atoms. The van der Waals surface area contributed by atoms with Crippen molar-refractivity contribution in [2.24, 2.45) is 0 Å². The number of non-ortho nitro benzene ring substituents is 1. The van der Waals surface area contributed by atoms with E-state index in [0.29, 0.717) is 0 Å². The molecule has 0 saturated carbocycles. The highest BCUT2D eigenvalue weighted by atomic mass is 79.9. The lowest BCUT2D eigenvalue weighted by atomic mass is 10.2. The zero-order valence-electron chi connectivity index (χ0n) is 11.4. The van der Waals surface area contributed by atoms with Crippen molar-refractivity contribution in [2.75, 3.05) is 10.6 Å². The number of benzene rings is 2. The summed E-state index contributed by atoms with van der Waals surface area (Å²) in [5.41, 5.74) is -1.02. The molecule has 0 heterocycles. The van der Waals surface area contributed by atoms with Crippen LogP contribution in [0.15, 0.2) is 28.7 Å². The molecule has 5 nitrogen and oxygen atoms in total. The average Bonchev–Trinajstić information content (AvgIpc) is 2.55. The third-order valence-electron chi connectivity index (χ3n) is 2.78. The van der Waals surface area contributed by atoms with E-state index in [2.05, 4.69) is 21.2 Å². The summed E-state index contributed by atoms with van der Waals surface area (Å²) in [5.74, 6) is -6.55. The summed E-state index contributed by atoms with van der Waals surface area (Å²) in [6.45, 7) is 0. The third-order valence-corrected chi connectivity index (χ3v) is 3.68. The molecule has 2 aromatic carbocycles. The molecule has 2 aromatic rings. The average molecular weight is 424 g/mol. The van der Waals surface area contributed by atoms with Crippen LogP contribution in [0.5, 0.6) is 0 Å². The molecule has 0 spiro atoms. The predicted octanol–water partition coefficient (Wildman–Crippen LogP) is 4.72. The quantitative estimate of drug-likeness (QED) is 0.186. The van der Waals surface area contributed by atoms with Gasteiger partial charge in [-0.05, 0) is 40.3 Å². The van der Waals surface area contributed by atoms with E-state index < -0.39 is 38.4 Å². The predicted molar refractivity (Wildman–Crippen MR) is 86.9 cm³/mol. The first-order valence-electron chi connectivity index (χ1n) is 6.06. The van der Waals surface area contributed by atoms with Gasteiger partial charge in [-0.15, -0.1) is 0 Å². The van der Waals surface area contributed by atoms with E-state index in [1.54, 1.807) is 0 Å². The van der Waals surface area contributed by atoms with Gasteiger partial charge in [0.1, 0.15) is 5.69 Å². The Bertz CT molecular complexity index is 804. The summed E-state index contributed by atoms with van der Waals surface area (Å²) in [7, 11) is 0. The molecular formula is C13H6BrF4N3O2S. The summed E-state index contributed by atoms with van der Waals surface area (Å²) in [6, 6.07) is 4.93. The first kappa shape index (κ1) is 18.1. The number of hydrogen-bond donors (Lipinski definition) is 2. The van der Waals surface area contributed by atoms with Crippen LogP contribution < -0.4 is 10.6 Å². The van der Waals surface area contributed by atoms with Gasteiger partial charge in [0.25, 0.3) is 5.69 Å². The Hall–Kier alpha value is -2.27. The van der Waals surface area contributed by atoms with Crippen LogP contribution in [0.2, 0.25) is 0 Å². The summed E-state index contributed by atoms with van der Waals surface area (Å²) >= 11 is 7.19. The summed E-state index contributed by atoms with van der Waals surface area (Å²) in [5, 5.41) is 14.6. The second-order valence-corrected chi connectivity index (χ2v) is 5.53. The molecule has 0 unspecified atom stereocenters. The standard InChI is InChI=1S/C13H6BrF4N3O2S/c14-7-8(15)10(17)12(11(18)9(7)16)20-13(24)19-5-1-3-6(4-2-5)21(22)23/h1-4H,(H2,19,20,24). The Morgan fingerprint density at radius 2 is 1.50 bits per heavy atom. The lowest BCUT2D eigenvalue weighted by Gasteiger charge is -2.13. The third kappa shape index (κ3) is 3.62. The number of nitro benzene ring substituents is 1. The van der Waals surface area contributed by atoms with Crippen LogP contribution in [-0.2, 0) is 0 Å². The Morgan fingerprint density at radius 3 is 1.96 bits per heavy atom. The van der Waals surface area contributed by atoms with E-state index in [-0.39, 0.29) is 16.5 Å². The number of hydrogen-bond acceptors (Lipinski definition) is 3. The SMILES string of the molecule is O=[N+]([O-])c1ccc(NC(=S)Nc2c(F)c(F)c(Br)c(F)c2F)cc1. The zero-order valence-corrected chi connectivity index (χ0v) is 13.8. The molecule has 2 rings (SSSR count). The molecular weight excluding hydrogens is 418 g/mol. The topological polar surface area (TPSA) is 67.2 Å². The Kier molecular flexibility index (Phi) is 5.34. The fourth-order valence-corrected chi connectivity index (χ4v) is 2.23. The van der Waals surface area contributed by atoms with E-state index >= 15 is 0 Å². The smallest absolute Gasteiger partial charge is 0.269 e. The molecule has 24 heavy (non-hydrogen) atoms. The molecule has 0 aliphatic rings. The summed E-state index contributed by atoms with van der Waals surface area (Å²) < 4.78 is 53.3. The van der Waals surface area contributed by atoms with Crippen LogP contribution in [-0.4, -0.2) is 10.0 Å². The van der Waals surface area contributed by atoms with Gasteiger partial charge in [-0.2, -0.15) is 0 Å². The van der Waals surface area contributed by atoms with Gasteiger partial charge in [-0.1, -0.05) is 0 Å². The fraction of sp³-hybridized carbons (Fsp3) is 0. The molecule has 11 heteroatoms. The second kappa shape index (κ2) is 7.09. The maximum Gasteiger partial charge on any atom is 0.269 e. The second-order valence-electron chi connectivity index (χ2n) is 4.33. The van der Waals surface area contributed by atoms with Crippen LogP contribution in [0.1, 0.15) is 0 Å².